The molecule has 1 N–H and O–H groups in total. The minimum absolute atomic E-state index is 0.0703. The second-order valence-electron chi connectivity index (χ2n) is 4.12. The highest BCUT2D eigenvalue weighted by Crippen LogP contribution is 2.35. The lowest BCUT2D eigenvalue weighted by Crippen LogP contribution is -2.11. The van der Waals surface area contributed by atoms with Gasteiger partial charge in [-0.05, 0) is 18.1 Å². The molecule has 0 aliphatic rings. The van der Waals surface area contributed by atoms with Crippen molar-refractivity contribution in [1.29, 1.82) is 0 Å². The number of carboxylic acid groups (broad SMARTS) is 1. The molecule has 5 heteroatoms. The molecule has 0 atom stereocenters. The summed E-state index contributed by atoms with van der Waals surface area (Å²) in [6, 6.07) is 3.69. The molecular formula is C13H19NO4. The molecule has 1 aromatic rings. The Kier molecular flexibility index (Phi) is 4.83. The summed E-state index contributed by atoms with van der Waals surface area (Å²) in [5.41, 5.74) is 1.73. The number of nitrogens with zero attached hydrogens (tertiary/aromatic N) is 1. The van der Waals surface area contributed by atoms with E-state index >= 15 is 0 Å². The van der Waals surface area contributed by atoms with Crippen LogP contribution in [-0.2, 0) is 11.2 Å². The van der Waals surface area contributed by atoms with Crippen LogP contribution in [0.5, 0.6) is 11.5 Å². The smallest absolute Gasteiger partial charge is 0.303 e. The van der Waals surface area contributed by atoms with Crippen LogP contribution in [-0.4, -0.2) is 39.4 Å². The lowest BCUT2D eigenvalue weighted by Gasteiger charge is -2.19. The van der Waals surface area contributed by atoms with E-state index in [0.29, 0.717) is 17.9 Å². The molecule has 1 aromatic carbocycles. The van der Waals surface area contributed by atoms with Gasteiger partial charge in [0.1, 0.15) is 11.5 Å². The number of carbonyl (C=O) groups is 1. The number of rotatable bonds is 6. The van der Waals surface area contributed by atoms with Crippen LogP contribution in [0.2, 0.25) is 0 Å². The summed E-state index contributed by atoms with van der Waals surface area (Å²) < 4.78 is 10.6. The normalized spacial score (nSPS) is 10.0. The first-order chi connectivity index (χ1) is 8.49. The molecule has 0 aliphatic heterocycles. The quantitative estimate of drug-likeness (QED) is 0.837. The average molecular weight is 253 g/mol. The molecule has 0 spiro atoms. The summed E-state index contributed by atoms with van der Waals surface area (Å²) in [5, 5.41) is 8.73. The van der Waals surface area contributed by atoms with Crippen LogP contribution in [0.4, 0.5) is 5.69 Å². The van der Waals surface area contributed by atoms with Crippen LogP contribution in [0.1, 0.15) is 12.0 Å². The van der Waals surface area contributed by atoms with Crippen LogP contribution < -0.4 is 14.4 Å². The maximum absolute atomic E-state index is 10.6. The number of aliphatic carboxylic acids is 1. The van der Waals surface area contributed by atoms with Gasteiger partial charge in [-0.15, -0.1) is 0 Å². The van der Waals surface area contributed by atoms with Crippen molar-refractivity contribution in [3.8, 4) is 11.5 Å². The molecular weight excluding hydrogens is 234 g/mol. The summed E-state index contributed by atoms with van der Waals surface area (Å²) in [4.78, 5) is 12.5. The zero-order valence-corrected chi connectivity index (χ0v) is 11.2. The van der Waals surface area contributed by atoms with Crippen molar-refractivity contribution in [1.82, 2.24) is 0 Å². The molecule has 0 heterocycles. The molecule has 0 aliphatic carbocycles. The predicted molar refractivity (Wildman–Crippen MR) is 69.8 cm³/mol. The van der Waals surface area contributed by atoms with Crippen molar-refractivity contribution >= 4 is 11.7 Å². The molecule has 0 unspecified atom stereocenters. The highest BCUT2D eigenvalue weighted by molar-refractivity contribution is 5.68. The Morgan fingerprint density at radius 1 is 1.22 bits per heavy atom. The summed E-state index contributed by atoms with van der Waals surface area (Å²) in [6.07, 6.45) is 0.489. The van der Waals surface area contributed by atoms with E-state index in [4.69, 9.17) is 14.6 Å². The number of anilines is 1. The van der Waals surface area contributed by atoms with Crippen LogP contribution in [0.25, 0.3) is 0 Å². The fourth-order valence-corrected chi connectivity index (χ4v) is 1.73. The zero-order chi connectivity index (χ0) is 13.7. The highest BCUT2D eigenvalue weighted by atomic mass is 16.5. The third-order valence-electron chi connectivity index (χ3n) is 2.67. The number of hydrogen-bond donors (Lipinski definition) is 1. The van der Waals surface area contributed by atoms with E-state index in [0.717, 1.165) is 11.3 Å². The van der Waals surface area contributed by atoms with Gasteiger partial charge in [0, 0.05) is 26.6 Å². The van der Waals surface area contributed by atoms with Gasteiger partial charge >= 0.3 is 5.97 Å². The van der Waals surface area contributed by atoms with Crippen molar-refractivity contribution in [2.24, 2.45) is 0 Å². The van der Waals surface area contributed by atoms with Gasteiger partial charge in [0.05, 0.1) is 19.9 Å². The Morgan fingerprint density at radius 2 is 1.83 bits per heavy atom. The Morgan fingerprint density at radius 3 is 2.28 bits per heavy atom. The van der Waals surface area contributed by atoms with Crippen LogP contribution in [0, 0.1) is 0 Å². The first-order valence-electron chi connectivity index (χ1n) is 5.63. The average Bonchev–Trinajstić information content (AvgIpc) is 2.34. The predicted octanol–water partition coefficient (Wildman–Crippen LogP) is 1.79. The number of methoxy groups -OCH3 is 2. The van der Waals surface area contributed by atoms with Crippen molar-refractivity contribution in [3.63, 3.8) is 0 Å². The topological polar surface area (TPSA) is 59.0 Å². The van der Waals surface area contributed by atoms with E-state index in [9.17, 15) is 4.79 Å². The minimum Gasteiger partial charge on any atom is -0.496 e. The van der Waals surface area contributed by atoms with Gasteiger partial charge in [0.25, 0.3) is 0 Å². The van der Waals surface area contributed by atoms with E-state index in [1.54, 1.807) is 14.2 Å². The lowest BCUT2D eigenvalue weighted by atomic mass is 10.1. The van der Waals surface area contributed by atoms with E-state index in [1.165, 1.54) is 0 Å². The SMILES string of the molecule is COc1cc(N(C)C)c(OC)cc1CCC(=O)O. The molecule has 1 rings (SSSR count). The molecule has 0 saturated carbocycles. The number of benzene rings is 1. The van der Waals surface area contributed by atoms with Gasteiger partial charge in [-0.3, -0.25) is 4.79 Å². The number of ether oxygens (including phenoxy) is 2. The van der Waals surface area contributed by atoms with E-state index < -0.39 is 5.97 Å². The fourth-order valence-electron chi connectivity index (χ4n) is 1.73. The Balaban J connectivity index is 3.13. The summed E-state index contributed by atoms with van der Waals surface area (Å²) >= 11 is 0. The Labute approximate surface area is 107 Å². The number of carboxylic acids is 1. The molecule has 0 aromatic heterocycles. The van der Waals surface area contributed by atoms with Gasteiger partial charge in [-0.25, -0.2) is 0 Å². The number of aryl methyl sites for hydroxylation is 1. The molecule has 5 nitrogen and oxygen atoms in total. The monoisotopic (exact) mass is 253 g/mol. The molecule has 0 radical (unpaired) electrons. The third-order valence-corrected chi connectivity index (χ3v) is 2.67. The van der Waals surface area contributed by atoms with Crippen LogP contribution in [0.15, 0.2) is 12.1 Å². The third kappa shape index (κ3) is 3.29. The number of hydrogen-bond acceptors (Lipinski definition) is 4. The fraction of sp³-hybridized carbons (Fsp3) is 0.462. The Hall–Kier alpha value is -1.91. The van der Waals surface area contributed by atoms with Gasteiger partial charge < -0.3 is 19.5 Å². The van der Waals surface area contributed by atoms with Crippen molar-refractivity contribution in [3.05, 3.63) is 17.7 Å². The van der Waals surface area contributed by atoms with Gasteiger partial charge in [0.15, 0.2) is 0 Å². The van der Waals surface area contributed by atoms with Crippen LogP contribution in [0.3, 0.4) is 0 Å². The first kappa shape index (κ1) is 14.2. The maximum Gasteiger partial charge on any atom is 0.303 e. The molecule has 100 valence electrons. The van der Waals surface area contributed by atoms with Gasteiger partial charge in [-0.2, -0.15) is 0 Å². The van der Waals surface area contributed by atoms with Crippen molar-refractivity contribution in [2.75, 3.05) is 33.2 Å². The second-order valence-corrected chi connectivity index (χ2v) is 4.12. The molecule has 0 amide bonds. The van der Waals surface area contributed by atoms with Crippen LogP contribution >= 0.6 is 0 Å². The van der Waals surface area contributed by atoms with Gasteiger partial charge in [-0.1, -0.05) is 0 Å². The maximum atomic E-state index is 10.6. The minimum atomic E-state index is -0.826. The van der Waals surface area contributed by atoms with Gasteiger partial charge in [0.2, 0.25) is 0 Å². The zero-order valence-electron chi connectivity index (χ0n) is 11.2. The highest BCUT2D eigenvalue weighted by Gasteiger charge is 2.13. The summed E-state index contributed by atoms with van der Waals surface area (Å²) in [6.45, 7) is 0. The Bertz CT molecular complexity index is 429. The van der Waals surface area contributed by atoms with Crippen molar-refractivity contribution < 1.29 is 19.4 Å². The van der Waals surface area contributed by atoms with E-state index in [-0.39, 0.29) is 6.42 Å². The van der Waals surface area contributed by atoms with E-state index in [2.05, 4.69) is 0 Å². The molecule has 0 fully saturated rings. The lowest BCUT2D eigenvalue weighted by molar-refractivity contribution is -0.136. The van der Waals surface area contributed by atoms with E-state index in [1.807, 2.05) is 31.1 Å². The standard InChI is InChI=1S/C13H19NO4/c1-14(2)10-8-11(17-3)9(5-6-13(15)16)7-12(10)18-4/h7-8H,5-6H2,1-4H3,(H,15,16). The van der Waals surface area contributed by atoms with Crippen molar-refractivity contribution in [2.45, 2.75) is 12.8 Å². The first-order valence-corrected chi connectivity index (χ1v) is 5.63. The summed E-state index contributed by atoms with van der Waals surface area (Å²) in [5.74, 6) is 0.564. The molecule has 0 saturated heterocycles. The largest absolute Gasteiger partial charge is 0.496 e. The summed E-state index contributed by atoms with van der Waals surface area (Å²) in [7, 11) is 6.99. The second kappa shape index (κ2) is 6.14. The molecule has 0 bridgehead atoms. The molecule has 18 heavy (non-hydrogen) atoms.